The van der Waals surface area contributed by atoms with Crippen molar-refractivity contribution in [3.8, 4) is 0 Å². The molecule has 0 atom stereocenters. The molecular weight excluding hydrogens is 276 g/mol. The number of aryl methyl sites for hydroxylation is 1. The summed E-state index contributed by atoms with van der Waals surface area (Å²) in [6.45, 7) is 2.16. The van der Waals surface area contributed by atoms with Crippen molar-refractivity contribution in [2.75, 3.05) is 0 Å². The summed E-state index contributed by atoms with van der Waals surface area (Å²) in [4.78, 5) is 24.3. The van der Waals surface area contributed by atoms with Gasteiger partial charge in [-0.25, -0.2) is 9.97 Å². The fourth-order valence-corrected chi connectivity index (χ4v) is 2.39. The molecular formula is C13H12N4O2S. The molecule has 0 aliphatic heterocycles. The molecule has 0 saturated heterocycles. The van der Waals surface area contributed by atoms with E-state index in [2.05, 4.69) is 20.3 Å². The Balaban J connectivity index is 1.59. The molecule has 1 amide bonds. The van der Waals surface area contributed by atoms with Gasteiger partial charge in [-0.3, -0.25) is 4.79 Å². The van der Waals surface area contributed by atoms with Gasteiger partial charge in [-0.15, -0.1) is 11.3 Å². The third kappa shape index (κ3) is 2.83. The van der Waals surface area contributed by atoms with Gasteiger partial charge in [-0.05, 0) is 19.1 Å². The number of oxazole rings is 1. The summed E-state index contributed by atoms with van der Waals surface area (Å²) in [5, 5.41) is 5.60. The van der Waals surface area contributed by atoms with Crippen molar-refractivity contribution in [2.45, 2.75) is 19.9 Å². The van der Waals surface area contributed by atoms with Crippen molar-refractivity contribution in [1.29, 1.82) is 0 Å². The molecule has 3 rings (SSSR count). The predicted octanol–water partition coefficient (Wildman–Crippen LogP) is 1.85. The molecule has 0 fully saturated rings. The molecule has 0 aliphatic carbocycles. The number of rotatable bonds is 4. The lowest BCUT2D eigenvalue weighted by atomic mass is 10.3. The van der Waals surface area contributed by atoms with Crippen LogP contribution in [0.4, 0.5) is 0 Å². The Bertz CT molecular complexity index is 717. The van der Waals surface area contributed by atoms with Gasteiger partial charge in [0.05, 0.1) is 23.7 Å². The SMILES string of the molecule is Cc1nc(CC(=O)NCc2nc3ncccc3o2)cs1. The Morgan fingerprint density at radius 3 is 3.10 bits per heavy atom. The summed E-state index contributed by atoms with van der Waals surface area (Å²) in [7, 11) is 0. The second kappa shape index (κ2) is 5.38. The molecule has 0 unspecified atom stereocenters. The van der Waals surface area contributed by atoms with E-state index >= 15 is 0 Å². The van der Waals surface area contributed by atoms with Gasteiger partial charge in [0, 0.05) is 11.6 Å². The molecule has 102 valence electrons. The van der Waals surface area contributed by atoms with Gasteiger partial charge in [0.25, 0.3) is 0 Å². The van der Waals surface area contributed by atoms with Gasteiger partial charge >= 0.3 is 0 Å². The molecule has 0 radical (unpaired) electrons. The summed E-state index contributed by atoms with van der Waals surface area (Å²) in [6.07, 6.45) is 1.92. The van der Waals surface area contributed by atoms with E-state index in [4.69, 9.17) is 4.42 Å². The van der Waals surface area contributed by atoms with Gasteiger partial charge in [0.2, 0.25) is 11.8 Å². The zero-order chi connectivity index (χ0) is 13.9. The van der Waals surface area contributed by atoms with E-state index in [0.29, 0.717) is 17.1 Å². The minimum atomic E-state index is -0.106. The minimum Gasteiger partial charge on any atom is -0.437 e. The van der Waals surface area contributed by atoms with Crippen LogP contribution < -0.4 is 5.32 Å². The number of thiazole rings is 1. The summed E-state index contributed by atoms with van der Waals surface area (Å²) >= 11 is 1.53. The number of hydrogen-bond donors (Lipinski definition) is 1. The molecule has 3 heterocycles. The molecule has 0 bridgehead atoms. The molecule has 20 heavy (non-hydrogen) atoms. The van der Waals surface area contributed by atoms with Crippen LogP contribution in [-0.2, 0) is 17.8 Å². The largest absolute Gasteiger partial charge is 0.437 e. The van der Waals surface area contributed by atoms with Crippen LogP contribution >= 0.6 is 11.3 Å². The van der Waals surface area contributed by atoms with Crippen molar-refractivity contribution in [2.24, 2.45) is 0 Å². The van der Waals surface area contributed by atoms with Crippen LogP contribution in [0.3, 0.4) is 0 Å². The van der Waals surface area contributed by atoms with Crippen molar-refractivity contribution >= 4 is 28.5 Å². The number of hydrogen-bond acceptors (Lipinski definition) is 6. The number of nitrogens with zero attached hydrogens (tertiary/aromatic N) is 3. The first-order valence-corrected chi connectivity index (χ1v) is 6.97. The topological polar surface area (TPSA) is 80.9 Å². The van der Waals surface area contributed by atoms with E-state index in [1.54, 1.807) is 18.3 Å². The monoisotopic (exact) mass is 288 g/mol. The summed E-state index contributed by atoms with van der Waals surface area (Å²) in [5.41, 5.74) is 1.95. The third-order valence-corrected chi connectivity index (χ3v) is 3.48. The third-order valence-electron chi connectivity index (χ3n) is 2.65. The number of nitrogens with one attached hydrogen (secondary N) is 1. The van der Waals surface area contributed by atoms with Crippen LogP contribution in [0.2, 0.25) is 0 Å². The highest BCUT2D eigenvalue weighted by molar-refractivity contribution is 7.09. The van der Waals surface area contributed by atoms with Crippen LogP contribution in [0.5, 0.6) is 0 Å². The smallest absolute Gasteiger partial charge is 0.226 e. The second-order valence-corrected chi connectivity index (χ2v) is 5.31. The number of amides is 1. The first kappa shape index (κ1) is 12.7. The van der Waals surface area contributed by atoms with Crippen molar-refractivity contribution in [1.82, 2.24) is 20.3 Å². The van der Waals surface area contributed by atoms with Gasteiger partial charge in [0.15, 0.2) is 11.2 Å². The van der Waals surface area contributed by atoms with Crippen molar-refractivity contribution in [3.05, 3.63) is 40.3 Å². The minimum absolute atomic E-state index is 0.106. The maximum atomic E-state index is 11.8. The highest BCUT2D eigenvalue weighted by atomic mass is 32.1. The highest BCUT2D eigenvalue weighted by Crippen LogP contribution is 2.12. The molecule has 1 N–H and O–H groups in total. The Labute approximate surface area is 118 Å². The number of carbonyl (C=O) groups is 1. The number of fused-ring (bicyclic) bond motifs is 1. The van der Waals surface area contributed by atoms with E-state index in [1.165, 1.54) is 11.3 Å². The number of carbonyl (C=O) groups excluding carboxylic acids is 1. The maximum absolute atomic E-state index is 11.8. The Morgan fingerprint density at radius 2 is 2.35 bits per heavy atom. The lowest BCUT2D eigenvalue weighted by molar-refractivity contribution is -0.120. The number of aromatic nitrogens is 3. The van der Waals surface area contributed by atoms with Gasteiger partial charge < -0.3 is 9.73 Å². The average Bonchev–Trinajstić information content (AvgIpc) is 3.02. The van der Waals surface area contributed by atoms with Crippen LogP contribution in [0.15, 0.2) is 28.1 Å². The van der Waals surface area contributed by atoms with E-state index in [9.17, 15) is 4.79 Å². The van der Waals surface area contributed by atoms with Crippen molar-refractivity contribution < 1.29 is 9.21 Å². The Kier molecular flexibility index (Phi) is 3.42. The first-order valence-electron chi connectivity index (χ1n) is 6.09. The van der Waals surface area contributed by atoms with E-state index in [0.717, 1.165) is 10.7 Å². The second-order valence-electron chi connectivity index (χ2n) is 4.24. The molecule has 7 heteroatoms. The average molecular weight is 288 g/mol. The zero-order valence-corrected chi connectivity index (χ0v) is 11.6. The van der Waals surface area contributed by atoms with Crippen LogP contribution in [0, 0.1) is 6.92 Å². The van der Waals surface area contributed by atoms with Crippen LogP contribution in [0.1, 0.15) is 16.6 Å². The molecule has 0 aromatic carbocycles. The fraction of sp³-hybridized carbons (Fsp3) is 0.231. The molecule has 0 aliphatic rings. The molecule has 3 aromatic heterocycles. The lowest BCUT2D eigenvalue weighted by Gasteiger charge is -2.00. The van der Waals surface area contributed by atoms with Crippen molar-refractivity contribution in [3.63, 3.8) is 0 Å². The maximum Gasteiger partial charge on any atom is 0.226 e. The normalized spacial score (nSPS) is 10.8. The molecule has 0 saturated carbocycles. The Morgan fingerprint density at radius 1 is 1.45 bits per heavy atom. The van der Waals surface area contributed by atoms with Gasteiger partial charge in [-0.1, -0.05) is 0 Å². The van der Waals surface area contributed by atoms with Crippen LogP contribution in [0.25, 0.3) is 11.2 Å². The summed E-state index contributed by atoms with van der Waals surface area (Å²) in [6, 6.07) is 3.57. The lowest BCUT2D eigenvalue weighted by Crippen LogP contribution is -2.24. The molecule has 6 nitrogen and oxygen atoms in total. The predicted molar refractivity (Wildman–Crippen MR) is 74.2 cm³/mol. The Hall–Kier alpha value is -2.28. The van der Waals surface area contributed by atoms with E-state index < -0.39 is 0 Å². The summed E-state index contributed by atoms with van der Waals surface area (Å²) < 4.78 is 5.47. The van der Waals surface area contributed by atoms with E-state index in [1.807, 2.05) is 12.3 Å². The van der Waals surface area contributed by atoms with Crippen LogP contribution in [-0.4, -0.2) is 20.9 Å². The zero-order valence-electron chi connectivity index (χ0n) is 10.8. The molecule has 3 aromatic rings. The molecule has 0 spiro atoms. The van der Waals surface area contributed by atoms with Gasteiger partial charge in [0.1, 0.15) is 0 Å². The van der Waals surface area contributed by atoms with Gasteiger partial charge in [-0.2, -0.15) is 4.98 Å². The number of pyridine rings is 1. The summed E-state index contributed by atoms with van der Waals surface area (Å²) in [5.74, 6) is 0.340. The first-order chi connectivity index (χ1) is 9.70. The quantitative estimate of drug-likeness (QED) is 0.792. The highest BCUT2D eigenvalue weighted by Gasteiger charge is 2.09. The van der Waals surface area contributed by atoms with E-state index in [-0.39, 0.29) is 18.9 Å². The standard InChI is InChI=1S/C13H12N4O2S/c1-8-16-9(7-20-8)5-11(18)15-6-12-17-13-10(19-12)3-2-4-14-13/h2-4,7H,5-6H2,1H3,(H,15,18). The fourth-order valence-electron chi connectivity index (χ4n) is 1.78.